The summed E-state index contributed by atoms with van der Waals surface area (Å²) in [6.07, 6.45) is 1.69. The van der Waals surface area contributed by atoms with Crippen molar-refractivity contribution in [3.8, 4) is 0 Å². The van der Waals surface area contributed by atoms with Crippen molar-refractivity contribution in [2.75, 3.05) is 18.9 Å². The van der Waals surface area contributed by atoms with Crippen LogP contribution >= 0.6 is 23.1 Å². The molecule has 5 nitrogen and oxygen atoms in total. The molecule has 1 N–H and O–H groups in total. The van der Waals surface area contributed by atoms with Gasteiger partial charge in [0.05, 0.1) is 6.61 Å². The Bertz CT molecular complexity index is 373. The van der Waals surface area contributed by atoms with Crippen LogP contribution in [-0.2, 0) is 9.53 Å². The minimum absolute atomic E-state index is 0.179. The molecule has 0 saturated carbocycles. The molecule has 108 valence electrons. The first-order valence-corrected chi connectivity index (χ1v) is 8.30. The minimum Gasteiger partial charge on any atom is -0.465 e. The van der Waals surface area contributed by atoms with Gasteiger partial charge in [-0.15, -0.1) is 10.2 Å². The highest BCUT2D eigenvalue weighted by atomic mass is 32.2. The zero-order chi connectivity index (χ0) is 14.1. The van der Waals surface area contributed by atoms with Gasteiger partial charge in [-0.05, 0) is 33.2 Å². The zero-order valence-corrected chi connectivity index (χ0v) is 13.3. The van der Waals surface area contributed by atoms with Crippen LogP contribution in [0.1, 0.15) is 33.6 Å². The van der Waals surface area contributed by atoms with Gasteiger partial charge in [0.25, 0.3) is 0 Å². The highest BCUT2D eigenvalue weighted by Gasteiger charge is 2.33. The molecule has 0 spiro atoms. The van der Waals surface area contributed by atoms with E-state index in [4.69, 9.17) is 4.74 Å². The molecule has 7 heteroatoms. The monoisotopic (exact) mass is 303 g/mol. The van der Waals surface area contributed by atoms with E-state index in [1.807, 2.05) is 13.8 Å². The average molecular weight is 303 g/mol. The third-order valence-corrected chi connectivity index (χ3v) is 4.52. The Kier molecular flexibility index (Phi) is 7.33. The van der Waals surface area contributed by atoms with E-state index in [0.29, 0.717) is 13.0 Å². The fourth-order valence-electron chi connectivity index (χ4n) is 1.52. The van der Waals surface area contributed by atoms with Gasteiger partial charge in [0.2, 0.25) is 0 Å². The Balaban J connectivity index is 2.50. The number of ether oxygens (including phenoxy) is 1. The molecule has 1 heterocycles. The summed E-state index contributed by atoms with van der Waals surface area (Å²) >= 11 is 3.13. The Labute approximate surface area is 122 Å². The second-order valence-corrected chi connectivity index (χ2v) is 6.46. The van der Waals surface area contributed by atoms with Crippen molar-refractivity contribution in [1.82, 2.24) is 15.5 Å². The van der Waals surface area contributed by atoms with E-state index in [1.165, 1.54) is 11.3 Å². The first-order chi connectivity index (χ1) is 9.12. The van der Waals surface area contributed by atoms with Gasteiger partial charge in [0, 0.05) is 5.75 Å². The Morgan fingerprint density at radius 3 is 2.95 bits per heavy atom. The van der Waals surface area contributed by atoms with Crippen LogP contribution in [0.15, 0.2) is 9.85 Å². The summed E-state index contributed by atoms with van der Waals surface area (Å²) < 4.78 is 6.09. The van der Waals surface area contributed by atoms with Crippen LogP contribution in [0, 0.1) is 0 Å². The van der Waals surface area contributed by atoms with Crippen LogP contribution < -0.4 is 5.32 Å². The molecule has 1 aromatic rings. The summed E-state index contributed by atoms with van der Waals surface area (Å²) in [5.41, 5.74) is 1.09. The first-order valence-electron chi connectivity index (χ1n) is 6.43. The molecule has 1 aromatic heterocycles. The van der Waals surface area contributed by atoms with Gasteiger partial charge in [0.1, 0.15) is 11.0 Å². The standard InChI is InChI=1S/C12H21N3O2S2/c1-4-7-13-12(3,10(16)17-5-2)6-8-18-11-15-14-9-19-11/h9,13H,4-8H2,1-3H3. The second-order valence-electron chi connectivity index (χ2n) is 4.28. The molecule has 0 aliphatic heterocycles. The van der Waals surface area contributed by atoms with Crippen molar-refractivity contribution < 1.29 is 9.53 Å². The van der Waals surface area contributed by atoms with Crippen LogP contribution in [0.4, 0.5) is 0 Å². The number of carbonyl (C=O) groups excluding carboxylic acids is 1. The summed E-state index contributed by atoms with van der Waals surface area (Å²) in [5.74, 6) is 0.627. The smallest absolute Gasteiger partial charge is 0.326 e. The molecule has 0 saturated heterocycles. The molecular weight excluding hydrogens is 282 g/mol. The third kappa shape index (κ3) is 5.46. The number of carbonyl (C=O) groups is 1. The number of thioether (sulfide) groups is 1. The number of aromatic nitrogens is 2. The molecule has 0 aliphatic rings. The quantitative estimate of drug-likeness (QED) is 0.558. The number of hydrogen-bond acceptors (Lipinski definition) is 7. The van der Waals surface area contributed by atoms with Crippen molar-refractivity contribution in [2.24, 2.45) is 0 Å². The molecule has 0 radical (unpaired) electrons. The topological polar surface area (TPSA) is 64.1 Å². The summed E-state index contributed by atoms with van der Waals surface area (Å²) in [6.45, 7) is 7.02. The van der Waals surface area contributed by atoms with E-state index in [9.17, 15) is 4.79 Å². The summed E-state index contributed by atoms with van der Waals surface area (Å²) in [5, 5.41) is 11.1. The van der Waals surface area contributed by atoms with Crippen LogP contribution in [0.5, 0.6) is 0 Å². The van der Waals surface area contributed by atoms with Crippen LogP contribution in [0.2, 0.25) is 0 Å². The number of nitrogens with one attached hydrogen (secondary N) is 1. The van der Waals surface area contributed by atoms with Gasteiger partial charge in [-0.2, -0.15) is 0 Å². The molecule has 0 fully saturated rings. The van der Waals surface area contributed by atoms with Gasteiger partial charge in [0.15, 0.2) is 4.34 Å². The van der Waals surface area contributed by atoms with Crippen LogP contribution in [0.25, 0.3) is 0 Å². The van der Waals surface area contributed by atoms with E-state index in [2.05, 4.69) is 22.4 Å². The van der Waals surface area contributed by atoms with Crippen LogP contribution in [0.3, 0.4) is 0 Å². The van der Waals surface area contributed by atoms with Gasteiger partial charge in [-0.25, -0.2) is 0 Å². The SMILES string of the molecule is CCCNC(C)(CCSc1nncs1)C(=O)OCC. The first kappa shape index (κ1) is 16.4. The lowest BCUT2D eigenvalue weighted by Crippen LogP contribution is -2.51. The Morgan fingerprint density at radius 1 is 1.58 bits per heavy atom. The normalized spacial score (nSPS) is 14.1. The van der Waals surface area contributed by atoms with E-state index in [0.717, 1.165) is 23.1 Å². The molecule has 0 aromatic carbocycles. The van der Waals surface area contributed by atoms with E-state index >= 15 is 0 Å². The molecule has 0 bridgehead atoms. The molecule has 0 aliphatic carbocycles. The molecule has 0 amide bonds. The number of rotatable bonds is 9. The molecule has 1 unspecified atom stereocenters. The van der Waals surface area contributed by atoms with E-state index in [1.54, 1.807) is 17.3 Å². The van der Waals surface area contributed by atoms with Gasteiger partial charge >= 0.3 is 5.97 Å². The summed E-state index contributed by atoms with van der Waals surface area (Å²) in [6, 6.07) is 0. The van der Waals surface area contributed by atoms with E-state index < -0.39 is 5.54 Å². The molecule has 19 heavy (non-hydrogen) atoms. The average Bonchev–Trinajstić information content (AvgIpc) is 2.90. The predicted octanol–water partition coefficient (Wildman–Crippen LogP) is 2.34. The zero-order valence-electron chi connectivity index (χ0n) is 11.6. The Hall–Kier alpha value is -0.660. The highest BCUT2D eigenvalue weighted by molar-refractivity contribution is 8.00. The largest absolute Gasteiger partial charge is 0.465 e. The van der Waals surface area contributed by atoms with Crippen molar-refractivity contribution in [2.45, 2.75) is 43.5 Å². The van der Waals surface area contributed by atoms with Gasteiger partial charge in [-0.3, -0.25) is 4.79 Å². The highest BCUT2D eigenvalue weighted by Crippen LogP contribution is 2.23. The van der Waals surface area contributed by atoms with Crippen LogP contribution in [-0.4, -0.2) is 40.6 Å². The fraction of sp³-hybridized carbons (Fsp3) is 0.750. The third-order valence-electron chi connectivity index (χ3n) is 2.66. The second kappa shape index (κ2) is 8.50. The minimum atomic E-state index is -0.621. The lowest BCUT2D eigenvalue weighted by Gasteiger charge is -2.28. The number of hydrogen-bond donors (Lipinski definition) is 1. The number of nitrogens with zero attached hydrogens (tertiary/aromatic N) is 2. The van der Waals surface area contributed by atoms with Crippen molar-refractivity contribution in [3.63, 3.8) is 0 Å². The van der Waals surface area contributed by atoms with Gasteiger partial charge in [-0.1, -0.05) is 30.0 Å². The number of esters is 1. The Morgan fingerprint density at radius 2 is 2.37 bits per heavy atom. The fourth-order valence-corrected chi connectivity index (χ4v) is 3.24. The van der Waals surface area contributed by atoms with E-state index in [-0.39, 0.29) is 5.97 Å². The lowest BCUT2D eigenvalue weighted by atomic mass is 9.99. The lowest BCUT2D eigenvalue weighted by molar-refractivity contribution is -0.150. The van der Waals surface area contributed by atoms with Crippen molar-refractivity contribution in [3.05, 3.63) is 5.51 Å². The summed E-state index contributed by atoms with van der Waals surface area (Å²) in [4.78, 5) is 12.0. The van der Waals surface area contributed by atoms with Crippen molar-refractivity contribution >= 4 is 29.1 Å². The molecule has 1 rings (SSSR count). The molecular formula is C12H21N3O2S2. The maximum Gasteiger partial charge on any atom is 0.326 e. The maximum atomic E-state index is 12.0. The van der Waals surface area contributed by atoms with Gasteiger partial charge < -0.3 is 10.1 Å². The molecule has 1 atom stereocenters. The maximum absolute atomic E-state index is 12.0. The van der Waals surface area contributed by atoms with Crippen molar-refractivity contribution in [1.29, 1.82) is 0 Å². The predicted molar refractivity (Wildman–Crippen MR) is 78.6 cm³/mol. The summed E-state index contributed by atoms with van der Waals surface area (Å²) in [7, 11) is 0.